The van der Waals surface area contributed by atoms with Crippen molar-refractivity contribution < 1.29 is 0 Å². The number of hydrogen-bond acceptors (Lipinski definition) is 2. The number of nitrogens with zero attached hydrogens (tertiary/aromatic N) is 2. The summed E-state index contributed by atoms with van der Waals surface area (Å²) in [5.74, 6) is 0.619. The van der Waals surface area contributed by atoms with Gasteiger partial charge >= 0.3 is 0 Å². The summed E-state index contributed by atoms with van der Waals surface area (Å²) in [5.41, 5.74) is 2.09. The maximum absolute atomic E-state index is 8.80. The van der Waals surface area contributed by atoms with Gasteiger partial charge in [0.05, 0.1) is 11.6 Å². The van der Waals surface area contributed by atoms with Crippen LogP contribution in [0.25, 0.3) is 0 Å². The number of nitriles is 1. The fourth-order valence-corrected chi connectivity index (χ4v) is 2.07. The average Bonchev–Trinajstić information content (AvgIpc) is 2.65. The smallest absolute Gasteiger partial charge is 0.0991 e. The molecule has 0 amide bonds. The Morgan fingerprint density at radius 3 is 3.00 bits per heavy atom. The molecule has 0 spiro atoms. The molecule has 1 aromatic carbocycles. The number of likely N-dealkylation sites (N-methyl/N-ethyl adjacent to an activating group) is 1. The van der Waals surface area contributed by atoms with Crippen LogP contribution in [0.5, 0.6) is 0 Å². The molecule has 14 heavy (non-hydrogen) atoms. The standard InChI is InChI=1S/C12H14N2/c1-14-6-5-12(9-14)11-4-2-3-10(7-11)8-13/h2-4,7,12H,5-6,9H2,1H3. The maximum atomic E-state index is 8.80. The van der Waals surface area contributed by atoms with Crippen LogP contribution in [0.2, 0.25) is 0 Å². The van der Waals surface area contributed by atoms with E-state index >= 15 is 0 Å². The molecule has 1 aliphatic rings. The van der Waals surface area contributed by atoms with Crippen molar-refractivity contribution in [3.05, 3.63) is 35.4 Å². The van der Waals surface area contributed by atoms with Gasteiger partial charge in [-0.25, -0.2) is 0 Å². The van der Waals surface area contributed by atoms with Crippen LogP contribution in [0.1, 0.15) is 23.5 Å². The lowest BCUT2D eigenvalue weighted by Crippen LogP contribution is -2.13. The monoisotopic (exact) mass is 186 g/mol. The van der Waals surface area contributed by atoms with E-state index in [1.807, 2.05) is 18.2 Å². The van der Waals surface area contributed by atoms with Gasteiger partial charge in [0.25, 0.3) is 0 Å². The molecule has 1 heterocycles. The first-order valence-corrected chi connectivity index (χ1v) is 4.98. The molecule has 1 fully saturated rings. The lowest BCUT2D eigenvalue weighted by Gasteiger charge is -2.10. The number of likely N-dealkylation sites (tertiary alicyclic amines) is 1. The first-order valence-electron chi connectivity index (χ1n) is 4.98. The lowest BCUT2D eigenvalue weighted by atomic mass is 9.97. The zero-order valence-corrected chi connectivity index (χ0v) is 8.40. The third kappa shape index (κ3) is 1.78. The van der Waals surface area contributed by atoms with Gasteiger partial charge in [0.2, 0.25) is 0 Å². The Hall–Kier alpha value is -1.33. The molecule has 1 unspecified atom stereocenters. The van der Waals surface area contributed by atoms with Crippen molar-refractivity contribution in [2.75, 3.05) is 20.1 Å². The Kier molecular flexibility index (Phi) is 2.51. The Labute approximate surface area is 84.8 Å². The van der Waals surface area contributed by atoms with E-state index in [1.54, 1.807) is 0 Å². The molecule has 0 saturated carbocycles. The predicted molar refractivity (Wildman–Crippen MR) is 56.0 cm³/mol. The number of hydrogen-bond donors (Lipinski definition) is 0. The Morgan fingerprint density at radius 1 is 1.50 bits per heavy atom. The van der Waals surface area contributed by atoms with E-state index in [0.29, 0.717) is 5.92 Å². The van der Waals surface area contributed by atoms with Gasteiger partial charge in [0.15, 0.2) is 0 Å². The van der Waals surface area contributed by atoms with Gasteiger partial charge in [-0.05, 0) is 43.6 Å². The van der Waals surface area contributed by atoms with E-state index < -0.39 is 0 Å². The van der Waals surface area contributed by atoms with Crippen LogP contribution in [0.15, 0.2) is 24.3 Å². The van der Waals surface area contributed by atoms with E-state index in [4.69, 9.17) is 5.26 Å². The van der Waals surface area contributed by atoms with Gasteiger partial charge in [-0.2, -0.15) is 5.26 Å². The highest BCUT2D eigenvalue weighted by atomic mass is 15.1. The zero-order chi connectivity index (χ0) is 9.97. The highest BCUT2D eigenvalue weighted by Crippen LogP contribution is 2.26. The molecule has 72 valence electrons. The van der Waals surface area contributed by atoms with Gasteiger partial charge in [-0.15, -0.1) is 0 Å². The second-order valence-electron chi connectivity index (χ2n) is 3.99. The summed E-state index contributed by atoms with van der Waals surface area (Å²) in [6.07, 6.45) is 1.21. The van der Waals surface area contributed by atoms with Gasteiger partial charge in [-0.3, -0.25) is 0 Å². The first kappa shape index (κ1) is 9.23. The average molecular weight is 186 g/mol. The van der Waals surface area contributed by atoms with E-state index in [2.05, 4.69) is 24.1 Å². The molecule has 1 atom stereocenters. The van der Waals surface area contributed by atoms with Crippen molar-refractivity contribution in [3.8, 4) is 6.07 Å². The van der Waals surface area contributed by atoms with Gasteiger partial charge < -0.3 is 4.90 Å². The molecule has 2 heteroatoms. The van der Waals surface area contributed by atoms with E-state index in [-0.39, 0.29) is 0 Å². The summed E-state index contributed by atoms with van der Waals surface area (Å²) in [7, 11) is 2.15. The molecular formula is C12H14N2. The van der Waals surface area contributed by atoms with Gasteiger partial charge in [0.1, 0.15) is 0 Å². The highest BCUT2D eigenvalue weighted by molar-refractivity contribution is 5.34. The van der Waals surface area contributed by atoms with Crippen LogP contribution >= 0.6 is 0 Å². The van der Waals surface area contributed by atoms with Crippen molar-refractivity contribution in [3.63, 3.8) is 0 Å². The molecule has 0 bridgehead atoms. The second kappa shape index (κ2) is 3.81. The van der Waals surface area contributed by atoms with Crippen LogP contribution < -0.4 is 0 Å². The van der Waals surface area contributed by atoms with E-state index in [0.717, 1.165) is 12.1 Å². The lowest BCUT2D eigenvalue weighted by molar-refractivity contribution is 0.411. The summed E-state index contributed by atoms with van der Waals surface area (Å²) in [4.78, 5) is 2.34. The summed E-state index contributed by atoms with van der Waals surface area (Å²) < 4.78 is 0. The van der Waals surface area contributed by atoms with Crippen LogP contribution in [-0.2, 0) is 0 Å². The largest absolute Gasteiger partial charge is 0.306 e. The van der Waals surface area contributed by atoms with E-state index in [1.165, 1.54) is 18.5 Å². The molecule has 2 rings (SSSR count). The zero-order valence-electron chi connectivity index (χ0n) is 8.40. The van der Waals surface area contributed by atoms with Crippen molar-refractivity contribution >= 4 is 0 Å². The summed E-state index contributed by atoms with van der Waals surface area (Å²) in [6.45, 7) is 2.29. The van der Waals surface area contributed by atoms with Crippen LogP contribution in [0.4, 0.5) is 0 Å². The molecule has 0 aromatic heterocycles. The third-order valence-electron chi connectivity index (χ3n) is 2.88. The first-order chi connectivity index (χ1) is 6.79. The van der Waals surface area contributed by atoms with E-state index in [9.17, 15) is 0 Å². The molecule has 0 aliphatic carbocycles. The third-order valence-corrected chi connectivity index (χ3v) is 2.88. The summed E-state index contributed by atoms with van der Waals surface area (Å²) in [5, 5.41) is 8.80. The molecule has 1 saturated heterocycles. The molecule has 0 radical (unpaired) electrons. The van der Waals surface area contributed by atoms with Crippen LogP contribution in [0, 0.1) is 11.3 Å². The van der Waals surface area contributed by atoms with Gasteiger partial charge in [0, 0.05) is 6.54 Å². The van der Waals surface area contributed by atoms with Crippen molar-refractivity contribution in [2.24, 2.45) is 0 Å². The SMILES string of the molecule is CN1CCC(c2cccc(C#N)c2)C1. The quantitative estimate of drug-likeness (QED) is 0.670. The summed E-state index contributed by atoms with van der Waals surface area (Å²) in [6, 6.07) is 10.2. The maximum Gasteiger partial charge on any atom is 0.0991 e. The number of rotatable bonds is 1. The predicted octanol–water partition coefficient (Wildman–Crippen LogP) is 1.98. The Morgan fingerprint density at radius 2 is 2.36 bits per heavy atom. The molecular weight excluding hydrogens is 172 g/mol. The molecule has 0 N–H and O–H groups in total. The fraction of sp³-hybridized carbons (Fsp3) is 0.417. The van der Waals surface area contributed by atoms with Crippen molar-refractivity contribution in [1.82, 2.24) is 4.90 Å². The minimum absolute atomic E-state index is 0.619. The Bertz CT molecular complexity index is 365. The van der Waals surface area contributed by atoms with Crippen molar-refractivity contribution in [2.45, 2.75) is 12.3 Å². The molecule has 1 aromatic rings. The Balaban J connectivity index is 2.20. The second-order valence-corrected chi connectivity index (χ2v) is 3.99. The van der Waals surface area contributed by atoms with Crippen molar-refractivity contribution in [1.29, 1.82) is 5.26 Å². The van der Waals surface area contributed by atoms with Gasteiger partial charge in [-0.1, -0.05) is 12.1 Å². The minimum Gasteiger partial charge on any atom is -0.306 e. The number of benzene rings is 1. The minimum atomic E-state index is 0.619. The normalized spacial score (nSPS) is 22.1. The summed E-state index contributed by atoms with van der Waals surface area (Å²) >= 11 is 0. The molecule has 1 aliphatic heterocycles. The highest BCUT2D eigenvalue weighted by Gasteiger charge is 2.20. The van der Waals surface area contributed by atoms with Crippen LogP contribution in [0.3, 0.4) is 0 Å². The van der Waals surface area contributed by atoms with Crippen LogP contribution in [-0.4, -0.2) is 25.0 Å². The molecule has 2 nitrogen and oxygen atoms in total. The fourth-order valence-electron chi connectivity index (χ4n) is 2.07. The topological polar surface area (TPSA) is 27.0 Å².